The number of carbonyl (C=O) groups excluding carboxylic acids is 3. The number of methoxy groups -OCH3 is 1. The maximum atomic E-state index is 12.5. The van der Waals surface area contributed by atoms with Gasteiger partial charge in [0, 0.05) is 18.5 Å². The molecule has 3 atom stereocenters. The lowest BCUT2D eigenvalue weighted by Gasteiger charge is -2.36. The van der Waals surface area contributed by atoms with Crippen molar-refractivity contribution in [2.24, 2.45) is 0 Å². The Balaban J connectivity index is 1.61. The molecule has 2 saturated heterocycles. The van der Waals surface area contributed by atoms with Crippen LogP contribution in [0.15, 0.2) is 24.3 Å². The molecule has 2 fully saturated rings. The Morgan fingerprint density at radius 1 is 1.24 bits per heavy atom. The van der Waals surface area contributed by atoms with Gasteiger partial charge in [-0.05, 0) is 30.7 Å². The summed E-state index contributed by atoms with van der Waals surface area (Å²) in [6.45, 7) is 0.995. The van der Waals surface area contributed by atoms with Crippen LogP contribution in [0.5, 0.6) is 0 Å². The van der Waals surface area contributed by atoms with Crippen molar-refractivity contribution in [2.75, 3.05) is 25.5 Å². The first-order valence-corrected chi connectivity index (χ1v) is 8.67. The number of anilines is 1. The van der Waals surface area contributed by atoms with Crippen molar-refractivity contribution in [3.63, 3.8) is 0 Å². The summed E-state index contributed by atoms with van der Waals surface area (Å²) in [5.41, 5.74) is 1.09. The summed E-state index contributed by atoms with van der Waals surface area (Å²) in [5, 5.41) is 5.83. The second-order valence-corrected chi connectivity index (χ2v) is 6.70. The van der Waals surface area contributed by atoms with Crippen LogP contribution >= 0.6 is 0 Å². The van der Waals surface area contributed by atoms with Crippen LogP contribution in [0, 0.1) is 0 Å². The summed E-state index contributed by atoms with van der Waals surface area (Å²) in [6, 6.07) is 7.14. The van der Waals surface area contributed by atoms with Crippen molar-refractivity contribution in [1.29, 1.82) is 0 Å². The number of hydrogen-bond donors (Lipinski definition) is 3. The maximum absolute atomic E-state index is 12.5. The van der Waals surface area contributed by atoms with Gasteiger partial charge in [0.15, 0.2) is 6.54 Å². The summed E-state index contributed by atoms with van der Waals surface area (Å²) < 4.78 is 4.66. The van der Waals surface area contributed by atoms with E-state index in [2.05, 4.69) is 15.4 Å². The first kappa shape index (κ1) is 17.4. The van der Waals surface area contributed by atoms with Crippen molar-refractivity contribution >= 4 is 23.5 Å². The van der Waals surface area contributed by atoms with Gasteiger partial charge in [-0.1, -0.05) is 0 Å². The number of quaternary nitrogens is 1. The Hall–Kier alpha value is -2.41. The van der Waals surface area contributed by atoms with Gasteiger partial charge in [-0.3, -0.25) is 9.59 Å². The molecule has 1 unspecified atom stereocenters. The minimum absolute atomic E-state index is 0.0768. The van der Waals surface area contributed by atoms with Gasteiger partial charge in [0.1, 0.15) is 6.04 Å². The van der Waals surface area contributed by atoms with E-state index < -0.39 is 5.97 Å². The third kappa shape index (κ3) is 4.17. The van der Waals surface area contributed by atoms with Crippen LogP contribution in [-0.2, 0) is 14.3 Å². The highest BCUT2D eigenvalue weighted by Crippen LogP contribution is 2.14. The first-order chi connectivity index (χ1) is 12.1. The number of carbonyl (C=O) groups is 3. The Morgan fingerprint density at radius 3 is 2.68 bits per heavy atom. The molecule has 2 amide bonds. The fraction of sp³-hybridized carbons (Fsp3) is 0.500. The number of esters is 1. The summed E-state index contributed by atoms with van der Waals surface area (Å²) in [5.74, 6) is -0.394. The average molecular weight is 346 g/mol. The molecule has 7 heteroatoms. The number of piperidine rings is 1. The second kappa shape index (κ2) is 7.65. The van der Waals surface area contributed by atoms with Gasteiger partial charge in [-0.25, -0.2) is 4.79 Å². The van der Waals surface area contributed by atoms with Gasteiger partial charge in [-0.2, -0.15) is 0 Å². The van der Waals surface area contributed by atoms with Crippen LogP contribution < -0.4 is 15.5 Å². The van der Waals surface area contributed by atoms with Gasteiger partial charge in [0.05, 0.1) is 31.7 Å². The molecule has 0 saturated carbocycles. The Labute approximate surface area is 146 Å². The standard InChI is InChI=1S/C18H23N3O4/c1-25-18(24)12-5-7-13(8-6-12)20-17(23)11-21-14-3-2-4-15(21)10-19-16(22)9-14/h5-8,14-15H,2-4,9-11H2,1H3,(H,19,22)(H,20,23)/p+1/t14-,15+/m0/s1. The van der Waals surface area contributed by atoms with Crippen molar-refractivity contribution in [3.8, 4) is 0 Å². The lowest BCUT2D eigenvalue weighted by Crippen LogP contribution is -3.21. The molecule has 0 spiro atoms. The van der Waals surface area contributed by atoms with Gasteiger partial charge in [0.2, 0.25) is 5.91 Å². The number of ether oxygens (including phenoxy) is 1. The molecule has 1 aromatic rings. The van der Waals surface area contributed by atoms with Crippen molar-refractivity contribution in [3.05, 3.63) is 29.8 Å². The van der Waals surface area contributed by atoms with Crippen LogP contribution in [0.2, 0.25) is 0 Å². The summed E-state index contributed by atoms with van der Waals surface area (Å²) >= 11 is 0. The van der Waals surface area contributed by atoms with Gasteiger partial charge in [0.25, 0.3) is 5.91 Å². The van der Waals surface area contributed by atoms with E-state index in [-0.39, 0.29) is 17.9 Å². The molecule has 2 bridgehead atoms. The Morgan fingerprint density at radius 2 is 1.96 bits per heavy atom. The van der Waals surface area contributed by atoms with Crippen LogP contribution in [0.25, 0.3) is 0 Å². The predicted molar refractivity (Wildman–Crippen MR) is 91.3 cm³/mol. The molecule has 0 radical (unpaired) electrons. The van der Waals surface area contributed by atoms with E-state index in [9.17, 15) is 14.4 Å². The number of nitrogens with one attached hydrogen (secondary N) is 3. The number of amides is 2. The zero-order chi connectivity index (χ0) is 17.8. The molecule has 1 aromatic carbocycles. The molecule has 0 aliphatic carbocycles. The number of rotatable bonds is 4. The zero-order valence-electron chi connectivity index (χ0n) is 14.3. The number of fused-ring (bicyclic) bond motifs is 2. The van der Waals surface area contributed by atoms with E-state index in [1.807, 2.05) is 0 Å². The lowest BCUT2D eigenvalue weighted by molar-refractivity contribution is -0.945. The van der Waals surface area contributed by atoms with Crippen molar-refractivity contribution in [2.45, 2.75) is 37.8 Å². The monoisotopic (exact) mass is 346 g/mol. The van der Waals surface area contributed by atoms with E-state index in [1.54, 1.807) is 24.3 Å². The molecule has 3 N–H and O–H groups in total. The molecule has 0 aromatic heterocycles. The maximum Gasteiger partial charge on any atom is 0.337 e. The Kier molecular flexibility index (Phi) is 5.33. The molecule has 3 rings (SSSR count). The smallest absolute Gasteiger partial charge is 0.337 e. The number of benzene rings is 1. The molecule has 25 heavy (non-hydrogen) atoms. The van der Waals surface area contributed by atoms with Crippen LogP contribution in [0.4, 0.5) is 5.69 Å². The van der Waals surface area contributed by atoms with E-state index >= 15 is 0 Å². The van der Waals surface area contributed by atoms with Gasteiger partial charge in [-0.15, -0.1) is 0 Å². The zero-order valence-corrected chi connectivity index (χ0v) is 14.3. The van der Waals surface area contributed by atoms with E-state index in [0.29, 0.717) is 36.8 Å². The summed E-state index contributed by atoms with van der Waals surface area (Å²) in [6.07, 6.45) is 3.63. The molecule has 7 nitrogen and oxygen atoms in total. The molecule has 2 heterocycles. The third-order valence-corrected chi connectivity index (χ3v) is 5.09. The normalized spacial score (nSPS) is 25.5. The van der Waals surface area contributed by atoms with Crippen molar-refractivity contribution in [1.82, 2.24) is 5.32 Å². The molecule has 2 aliphatic heterocycles. The minimum Gasteiger partial charge on any atom is -0.465 e. The quantitative estimate of drug-likeness (QED) is 0.655. The number of hydrogen-bond acceptors (Lipinski definition) is 4. The SMILES string of the molecule is COC(=O)c1ccc(NC(=O)C[NH+]2[C@@H]3CCC[C@H]2CC(=O)NC3)cc1. The lowest BCUT2D eigenvalue weighted by atomic mass is 9.94. The van der Waals surface area contributed by atoms with E-state index in [4.69, 9.17) is 0 Å². The highest BCUT2D eigenvalue weighted by molar-refractivity contribution is 5.93. The summed E-state index contributed by atoms with van der Waals surface area (Å²) in [7, 11) is 1.33. The topological polar surface area (TPSA) is 88.9 Å². The second-order valence-electron chi connectivity index (χ2n) is 6.70. The highest BCUT2D eigenvalue weighted by Gasteiger charge is 2.39. The van der Waals surface area contributed by atoms with E-state index in [0.717, 1.165) is 19.3 Å². The third-order valence-electron chi connectivity index (χ3n) is 5.09. The van der Waals surface area contributed by atoms with Crippen LogP contribution in [-0.4, -0.2) is 50.1 Å². The predicted octanol–water partition coefficient (Wildman–Crippen LogP) is -0.262. The molecular formula is C18H24N3O4+. The Bertz CT molecular complexity index is 659. The largest absolute Gasteiger partial charge is 0.465 e. The average Bonchev–Trinajstić information content (AvgIpc) is 2.69. The van der Waals surface area contributed by atoms with Gasteiger partial charge >= 0.3 is 5.97 Å². The highest BCUT2D eigenvalue weighted by atomic mass is 16.5. The fourth-order valence-electron chi connectivity index (χ4n) is 3.80. The molecule has 2 aliphatic rings. The molecule has 134 valence electrons. The van der Waals surface area contributed by atoms with Gasteiger partial charge < -0.3 is 20.3 Å². The van der Waals surface area contributed by atoms with E-state index in [1.165, 1.54) is 12.0 Å². The first-order valence-electron chi connectivity index (χ1n) is 8.67. The minimum atomic E-state index is -0.406. The fourth-order valence-corrected chi connectivity index (χ4v) is 3.80. The van der Waals surface area contributed by atoms with Crippen molar-refractivity contribution < 1.29 is 24.0 Å². The summed E-state index contributed by atoms with van der Waals surface area (Å²) in [4.78, 5) is 36.9. The molecular weight excluding hydrogens is 322 g/mol. The van der Waals surface area contributed by atoms with Crippen LogP contribution in [0.3, 0.4) is 0 Å². The van der Waals surface area contributed by atoms with Crippen LogP contribution in [0.1, 0.15) is 36.0 Å².